The maximum atomic E-state index is 13.6. The molecule has 0 N–H and O–H groups in total. The lowest BCUT2D eigenvalue weighted by Gasteiger charge is -2.26. The molecule has 0 radical (unpaired) electrons. The number of rotatable bonds is 3. The molecule has 1 aliphatic rings. The number of pyridine rings is 1. The Hall–Kier alpha value is -2.94. The SMILES string of the molecule is Cc1nnc(-c2cnn3ccc(N4CCCC4c4cncc(F)c4)nc23)s1. The normalized spacial score (nSPS) is 17.1. The molecule has 27 heavy (non-hydrogen) atoms. The monoisotopic (exact) mass is 381 g/mol. The first kappa shape index (κ1) is 16.2. The van der Waals surface area contributed by atoms with Crippen LogP contribution in [0, 0.1) is 12.7 Å². The molecule has 0 bridgehead atoms. The molecule has 5 rings (SSSR count). The van der Waals surface area contributed by atoms with Gasteiger partial charge in [0, 0.05) is 18.9 Å². The molecule has 1 fully saturated rings. The highest BCUT2D eigenvalue weighted by atomic mass is 32.1. The van der Waals surface area contributed by atoms with Crippen molar-refractivity contribution in [1.29, 1.82) is 0 Å². The van der Waals surface area contributed by atoms with Gasteiger partial charge in [-0.15, -0.1) is 10.2 Å². The number of anilines is 1. The number of aryl methyl sites for hydroxylation is 1. The van der Waals surface area contributed by atoms with Gasteiger partial charge in [0.2, 0.25) is 0 Å². The molecular formula is C18H16FN7S. The Labute approximate surface area is 158 Å². The highest BCUT2D eigenvalue weighted by molar-refractivity contribution is 7.14. The van der Waals surface area contributed by atoms with Gasteiger partial charge in [0.05, 0.1) is 24.0 Å². The molecule has 0 aromatic carbocycles. The minimum absolute atomic E-state index is 0.0679. The Kier molecular flexibility index (Phi) is 3.82. The first-order chi connectivity index (χ1) is 13.2. The number of fused-ring (bicyclic) bond motifs is 1. The smallest absolute Gasteiger partial charge is 0.167 e. The summed E-state index contributed by atoms with van der Waals surface area (Å²) in [5.74, 6) is 0.532. The van der Waals surface area contributed by atoms with Crippen LogP contribution in [0.2, 0.25) is 0 Å². The summed E-state index contributed by atoms with van der Waals surface area (Å²) in [6.07, 6.45) is 8.60. The third-order valence-electron chi connectivity index (χ3n) is 4.77. The van der Waals surface area contributed by atoms with Crippen LogP contribution in [0.4, 0.5) is 10.2 Å². The van der Waals surface area contributed by atoms with E-state index in [1.807, 2.05) is 19.2 Å². The van der Waals surface area contributed by atoms with Gasteiger partial charge < -0.3 is 4.90 Å². The Morgan fingerprint density at radius 1 is 1.22 bits per heavy atom. The van der Waals surface area contributed by atoms with E-state index in [0.29, 0.717) is 0 Å². The van der Waals surface area contributed by atoms with Crippen LogP contribution in [0.5, 0.6) is 0 Å². The second kappa shape index (κ2) is 6.34. The molecule has 136 valence electrons. The lowest BCUT2D eigenvalue weighted by atomic mass is 10.1. The Morgan fingerprint density at radius 2 is 2.15 bits per heavy atom. The average Bonchev–Trinajstić information content (AvgIpc) is 3.40. The van der Waals surface area contributed by atoms with Crippen LogP contribution in [-0.2, 0) is 0 Å². The molecule has 0 amide bonds. The number of halogens is 1. The van der Waals surface area contributed by atoms with Crippen LogP contribution in [0.25, 0.3) is 16.2 Å². The fraction of sp³-hybridized carbons (Fsp3) is 0.278. The summed E-state index contributed by atoms with van der Waals surface area (Å²) in [6.45, 7) is 2.79. The average molecular weight is 381 g/mol. The van der Waals surface area contributed by atoms with Gasteiger partial charge in [-0.3, -0.25) is 4.98 Å². The fourth-order valence-electron chi connectivity index (χ4n) is 3.57. The molecule has 1 saturated heterocycles. The first-order valence-corrected chi connectivity index (χ1v) is 9.52. The van der Waals surface area contributed by atoms with Gasteiger partial charge in [-0.1, -0.05) is 11.3 Å². The summed E-state index contributed by atoms with van der Waals surface area (Å²) in [7, 11) is 0. The van der Waals surface area contributed by atoms with E-state index in [2.05, 4.69) is 25.2 Å². The van der Waals surface area contributed by atoms with Crippen molar-refractivity contribution in [2.24, 2.45) is 0 Å². The quantitative estimate of drug-likeness (QED) is 0.541. The fourth-order valence-corrected chi connectivity index (χ4v) is 4.27. The van der Waals surface area contributed by atoms with E-state index in [4.69, 9.17) is 4.98 Å². The molecule has 4 aromatic heterocycles. The second-order valence-electron chi connectivity index (χ2n) is 6.53. The second-order valence-corrected chi connectivity index (χ2v) is 7.71. The van der Waals surface area contributed by atoms with Gasteiger partial charge in [-0.05, 0) is 37.5 Å². The predicted octanol–water partition coefficient (Wildman–Crippen LogP) is 3.43. The van der Waals surface area contributed by atoms with Crippen molar-refractivity contribution in [2.45, 2.75) is 25.8 Å². The van der Waals surface area contributed by atoms with E-state index >= 15 is 0 Å². The van der Waals surface area contributed by atoms with E-state index in [9.17, 15) is 4.39 Å². The van der Waals surface area contributed by atoms with Gasteiger partial charge in [0.1, 0.15) is 16.6 Å². The third-order valence-corrected chi connectivity index (χ3v) is 5.64. The maximum absolute atomic E-state index is 13.6. The summed E-state index contributed by atoms with van der Waals surface area (Å²) in [5, 5.41) is 14.4. The molecule has 0 spiro atoms. The number of aromatic nitrogens is 6. The van der Waals surface area contributed by atoms with E-state index in [0.717, 1.165) is 52.0 Å². The molecule has 0 aliphatic carbocycles. The molecule has 4 aromatic rings. The van der Waals surface area contributed by atoms with Crippen LogP contribution in [0.15, 0.2) is 36.9 Å². The molecule has 1 aliphatic heterocycles. The van der Waals surface area contributed by atoms with Crippen molar-refractivity contribution in [1.82, 2.24) is 29.8 Å². The van der Waals surface area contributed by atoms with Crippen molar-refractivity contribution < 1.29 is 4.39 Å². The largest absolute Gasteiger partial charge is 0.349 e. The van der Waals surface area contributed by atoms with E-state index < -0.39 is 0 Å². The van der Waals surface area contributed by atoms with Crippen LogP contribution in [0.1, 0.15) is 29.5 Å². The minimum Gasteiger partial charge on any atom is -0.349 e. The van der Waals surface area contributed by atoms with Gasteiger partial charge in [0.25, 0.3) is 0 Å². The van der Waals surface area contributed by atoms with Crippen molar-refractivity contribution in [3.05, 3.63) is 53.3 Å². The molecular weight excluding hydrogens is 365 g/mol. The zero-order valence-corrected chi connectivity index (χ0v) is 15.4. The van der Waals surface area contributed by atoms with E-state index in [1.165, 1.54) is 17.5 Å². The van der Waals surface area contributed by atoms with Crippen molar-refractivity contribution in [3.8, 4) is 10.6 Å². The predicted molar refractivity (Wildman–Crippen MR) is 100 cm³/mol. The van der Waals surface area contributed by atoms with Gasteiger partial charge in [-0.25, -0.2) is 13.9 Å². The summed E-state index contributed by atoms with van der Waals surface area (Å²) >= 11 is 1.52. The third kappa shape index (κ3) is 2.84. The summed E-state index contributed by atoms with van der Waals surface area (Å²) < 4.78 is 15.4. The number of hydrogen-bond acceptors (Lipinski definition) is 7. The van der Waals surface area contributed by atoms with E-state index in [1.54, 1.807) is 23.0 Å². The Balaban J connectivity index is 1.56. The molecule has 7 nitrogen and oxygen atoms in total. The standard InChI is InChI=1S/C18H16FN7S/c1-11-23-24-18(27-11)14-10-21-26-6-4-16(22-17(14)26)25-5-2-3-15(25)12-7-13(19)9-20-8-12/h4,6-10,15H,2-3,5H2,1H3. The summed E-state index contributed by atoms with van der Waals surface area (Å²) in [6, 6.07) is 3.57. The van der Waals surface area contributed by atoms with Gasteiger partial charge >= 0.3 is 0 Å². The molecule has 5 heterocycles. The maximum Gasteiger partial charge on any atom is 0.167 e. The van der Waals surface area contributed by atoms with Gasteiger partial charge in [-0.2, -0.15) is 5.10 Å². The Morgan fingerprint density at radius 3 is 2.96 bits per heavy atom. The molecule has 9 heteroatoms. The first-order valence-electron chi connectivity index (χ1n) is 8.71. The topological polar surface area (TPSA) is 72.1 Å². The highest BCUT2D eigenvalue weighted by Gasteiger charge is 2.28. The molecule has 0 saturated carbocycles. The molecule has 1 atom stereocenters. The summed E-state index contributed by atoms with van der Waals surface area (Å²) in [5.41, 5.74) is 2.49. The highest BCUT2D eigenvalue weighted by Crippen LogP contribution is 2.36. The van der Waals surface area contributed by atoms with Crippen molar-refractivity contribution in [3.63, 3.8) is 0 Å². The lowest BCUT2D eigenvalue weighted by Crippen LogP contribution is -2.24. The van der Waals surface area contributed by atoms with Crippen LogP contribution < -0.4 is 4.90 Å². The van der Waals surface area contributed by atoms with Gasteiger partial charge in [0.15, 0.2) is 10.7 Å². The van der Waals surface area contributed by atoms with E-state index in [-0.39, 0.29) is 11.9 Å². The van der Waals surface area contributed by atoms with Crippen LogP contribution in [-0.4, -0.2) is 36.3 Å². The number of nitrogens with zero attached hydrogens (tertiary/aromatic N) is 7. The molecule has 1 unspecified atom stereocenters. The number of hydrogen-bond donors (Lipinski definition) is 0. The van der Waals surface area contributed by atoms with Crippen LogP contribution in [0.3, 0.4) is 0 Å². The minimum atomic E-state index is -0.313. The lowest BCUT2D eigenvalue weighted by molar-refractivity contribution is 0.610. The summed E-state index contributed by atoms with van der Waals surface area (Å²) in [4.78, 5) is 11.1. The Bertz CT molecular complexity index is 1120. The van der Waals surface area contributed by atoms with Crippen LogP contribution >= 0.6 is 11.3 Å². The van der Waals surface area contributed by atoms with Crippen molar-refractivity contribution in [2.75, 3.05) is 11.4 Å². The zero-order valence-electron chi connectivity index (χ0n) is 14.6. The van der Waals surface area contributed by atoms with Crippen molar-refractivity contribution >= 4 is 22.8 Å². The zero-order chi connectivity index (χ0) is 18.4.